The van der Waals surface area contributed by atoms with Crippen LogP contribution in [0.2, 0.25) is 0 Å². The van der Waals surface area contributed by atoms with Crippen LogP contribution in [0.25, 0.3) is 0 Å². The number of benzene rings is 2. The lowest BCUT2D eigenvalue weighted by atomic mass is 9.91. The number of carbonyl (C=O) groups excluding carboxylic acids is 1. The summed E-state index contributed by atoms with van der Waals surface area (Å²) in [6, 6.07) is 10.7. The molecule has 142 valence electrons. The Morgan fingerprint density at radius 3 is 2.81 bits per heavy atom. The second-order valence-corrected chi connectivity index (χ2v) is 9.86. The largest absolute Gasteiger partial charge is 0.325 e. The molecule has 1 heterocycles. The van der Waals surface area contributed by atoms with E-state index in [2.05, 4.69) is 16.1 Å². The van der Waals surface area contributed by atoms with Crippen molar-refractivity contribution in [3.05, 3.63) is 47.5 Å². The molecule has 5 nitrogen and oxygen atoms in total. The second kappa shape index (κ2) is 7.20. The van der Waals surface area contributed by atoms with Crippen LogP contribution in [0.4, 0.5) is 11.4 Å². The summed E-state index contributed by atoms with van der Waals surface area (Å²) in [7, 11) is -3.73. The quantitative estimate of drug-likeness (QED) is 0.812. The molecule has 0 aromatic heterocycles. The fourth-order valence-corrected chi connectivity index (χ4v) is 5.66. The van der Waals surface area contributed by atoms with E-state index in [1.807, 2.05) is 19.1 Å². The van der Waals surface area contributed by atoms with Crippen LogP contribution in [0, 0.1) is 5.92 Å². The smallest absolute Gasteiger partial charge is 0.261 e. The lowest BCUT2D eigenvalue weighted by Gasteiger charge is -2.20. The number of fused-ring (bicyclic) bond motifs is 2. The van der Waals surface area contributed by atoms with Crippen molar-refractivity contribution in [3.63, 3.8) is 0 Å². The molecule has 1 amide bonds. The number of aryl methyl sites for hydroxylation is 1. The average Bonchev–Trinajstić information content (AvgIpc) is 2.80. The molecule has 0 fully saturated rings. The third kappa shape index (κ3) is 3.71. The van der Waals surface area contributed by atoms with Gasteiger partial charge in [-0.05, 0) is 61.1 Å². The maximum atomic E-state index is 13.0. The minimum atomic E-state index is -3.73. The summed E-state index contributed by atoms with van der Waals surface area (Å²) in [5.74, 6) is 0.483. The fraction of sp³-hybridized carbons (Fsp3) is 0.350. The molecule has 0 spiro atoms. The molecular formula is C20H22N2O3S2. The van der Waals surface area contributed by atoms with Gasteiger partial charge in [-0.2, -0.15) is 0 Å². The van der Waals surface area contributed by atoms with Gasteiger partial charge in [0.2, 0.25) is 5.91 Å². The molecule has 4 rings (SSSR count). The normalized spacial score (nSPS) is 19.4. The van der Waals surface area contributed by atoms with Gasteiger partial charge in [-0.25, -0.2) is 8.42 Å². The van der Waals surface area contributed by atoms with Gasteiger partial charge in [-0.3, -0.25) is 9.52 Å². The topological polar surface area (TPSA) is 75.3 Å². The first-order chi connectivity index (χ1) is 12.9. The Labute approximate surface area is 164 Å². The van der Waals surface area contributed by atoms with E-state index in [-0.39, 0.29) is 16.7 Å². The molecule has 2 aromatic rings. The molecule has 1 atom stereocenters. The highest BCUT2D eigenvalue weighted by Gasteiger charge is 2.24. The summed E-state index contributed by atoms with van der Waals surface area (Å²) in [4.78, 5) is 13.1. The molecule has 2 N–H and O–H groups in total. The molecule has 2 aromatic carbocycles. The number of anilines is 2. The lowest BCUT2D eigenvalue weighted by molar-refractivity contribution is -0.118. The third-order valence-electron chi connectivity index (χ3n) is 5.10. The van der Waals surface area contributed by atoms with Gasteiger partial charge in [0.25, 0.3) is 10.0 Å². The first-order valence-corrected chi connectivity index (χ1v) is 11.6. The molecule has 1 aliphatic carbocycles. The van der Waals surface area contributed by atoms with Crippen LogP contribution >= 0.6 is 11.8 Å². The second-order valence-electron chi connectivity index (χ2n) is 7.12. The van der Waals surface area contributed by atoms with Gasteiger partial charge in [0.05, 0.1) is 16.3 Å². The van der Waals surface area contributed by atoms with E-state index < -0.39 is 10.0 Å². The van der Waals surface area contributed by atoms with Gasteiger partial charge < -0.3 is 5.32 Å². The number of nitrogens with one attached hydrogen (secondary N) is 2. The van der Waals surface area contributed by atoms with Crippen LogP contribution in [-0.2, 0) is 27.7 Å². The molecule has 0 bridgehead atoms. The zero-order valence-electron chi connectivity index (χ0n) is 15.1. The number of carbonyl (C=O) groups is 1. The van der Waals surface area contributed by atoms with E-state index in [0.29, 0.717) is 17.1 Å². The summed E-state index contributed by atoms with van der Waals surface area (Å²) < 4.78 is 28.7. The fourth-order valence-electron chi connectivity index (χ4n) is 3.53. The summed E-state index contributed by atoms with van der Waals surface area (Å²) in [5, 5.41) is 2.85. The minimum Gasteiger partial charge on any atom is -0.325 e. The van der Waals surface area contributed by atoms with Gasteiger partial charge in [0.1, 0.15) is 0 Å². The summed E-state index contributed by atoms with van der Waals surface area (Å²) in [5.41, 5.74) is 3.54. The van der Waals surface area contributed by atoms with E-state index in [4.69, 9.17) is 0 Å². The third-order valence-corrected chi connectivity index (χ3v) is 7.79. The van der Waals surface area contributed by atoms with Crippen LogP contribution in [0.3, 0.4) is 0 Å². The molecule has 7 heteroatoms. The monoisotopic (exact) mass is 402 g/mol. The Kier molecular flexibility index (Phi) is 4.90. The van der Waals surface area contributed by atoms with Gasteiger partial charge in [-0.1, -0.05) is 19.1 Å². The van der Waals surface area contributed by atoms with E-state index in [0.717, 1.165) is 36.1 Å². The predicted molar refractivity (Wildman–Crippen MR) is 109 cm³/mol. The molecule has 1 aliphatic heterocycles. The van der Waals surface area contributed by atoms with E-state index in [1.54, 1.807) is 30.0 Å². The highest BCUT2D eigenvalue weighted by atomic mass is 32.2. The first-order valence-electron chi connectivity index (χ1n) is 9.15. The van der Waals surface area contributed by atoms with Crippen LogP contribution in [0.1, 0.15) is 30.9 Å². The van der Waals surface area contributed by atoms with Crippen molar-refractivity contribution in [2.45, 2.75) is 42.4 Å². The minimum absolute atomic E-state index is 0.0825. The number of hydrogen-bond donors (Lipinski definition) is 2. The standard InChI is InChI=1S/C20H22N2O3S2/c1-13-12-26-19-10-9-15(11-18(19)21-20(13)23)27(24,25)22-17-8-4-6-14-5-2-3-7-16(14)17/h4,6,8-11,13,22H,2-3,5,7,12H2,1H3,(H,21,23). The maximum absolute atomic E-state index is 13.0. The van der Waals surface area contributed by atoms with Gasteiger partial charge in [0, 0.05) is 16.6 Å². The summed E-state index contributed by atoms with van der Waals surface area (Å²) in [6.45, 7) is 1.87. The van der Waals surface area contributed by atoms with Crippen LogP contribution in [0.5, 0.6) is 0 Å². The lowest BCUT2D eigenvalue weighted by Crippen LogP contribution is -2.20. The zero-order valence-corrected chi connectivity index (χ0v) is 16.8. The van der Waals surface area contributed by atoms with Gasteiger partial charge in [0.15, 0.2) is 0 Å². The Bertz CT molecular complexity index is 1000. The molecule has 1 unspecified atom stereocenters. The van der Waals surface area contributed by atoms with Crippen molar-refractivity contribution < 1.29 is 13.2 Å². The van der Waals surface area contributed by atoms with Crippen LogP contribution < -0.4 is 10.0 Å². The Morgan fingerprint density at radius 1 is 1.15 bits per heavy atom. The molecule has 0 saturated heterocycles. The summed E-state index contributed by atoms with van der Waals surface area (Å²) in [6.07, 6.45) is 4.10. The molecular weight excluding hydrogens is 380 g/mol. The Morgan fingerprint density at radius 2 is 1.96 bits per heavy atom. The van der Waals surface area contributed by atoms with Crippen LogP contribution in [-0.4, -0.2) is 20.1 Å². The number of amides is 1. The van der Waals surface area contributed by atoms with Crippen molar-refractivity contribution in [1.82, 2.24) is 0 Å². The van der Waals surface area contributed by atoms with Crippen molar-refractivity contribution >= 4 is 39.1 Å². The van der Waals surface area contributed by atoms with E-state index >= 15 is 0 Å². The highest BCUT2D eigenvalue weighted by molar-refractivity contribution is 7.99. The maximum Gasteiger partial charge on any atom is 0.261 e. The zero-order chi connectivity index (χ0) is 19.0. The van der Waals surface area contributed by atoms with E-state index in [1.165, 1.54) is 5.56 Å². The van der Waals surface area contributed by atoms with Crippen molar-refractivity contribution in [2.24, 2.45) is 5.92 Å². The molecule has 0 saturated carbocycles. The van der Waals surface area contributed by atoms with Gasteiger partial charge in [-0.15, -0.1) is 11.8 Å². The van der Waals surface area contributed by atoms with Crippen molar-refractivity contribution in [2.75, 3.05) is 15.8 Å². The number of sulfonamides is 1. The van der Waals surface area contributed by atoms with Crippen molar-refractivity contribution in [3.8, 4) is 0 Å². The number of thioether (sulfide) groups is 1. The number of rotatable bonds is 3. The van der Waals surface area contributed by atoms with E-state index in [9.17, 15) is 13.2 Å². The predicted octanol–water partition coefficient (Wildman–Crippen LogP) is 4.05. The first kappa shape index (κ1) is 18.4. The highest BCUT2D eigenvalue weighted by Crippen LogP contribution is 2.35. The summed E-state index contributed by atoms with van der Waals surface area (Å²) >= 11 is 1.56. The Hall–Kier alpha value is -1.99. The molecule has 27 heavy (non-hydrogen) atoms. The van der Waals surface area contributed by atoms with Crippen molar-refractivity contribution in [1.29, 1.82) is 0 Å². The molecule has 0 radical (unpaired) electrons. The number of hydrogen-bond acceptors (Lipinski definition) is 4. The SMILES string of the molecule is CC1CSc2ccc(S(=O)(=O)Nc3cccc4c3CCCC4)cc2NC1=O. The van der Waals surface area contributed by atoms with Gasteiger partial charge >= 0.3 is 0 Å². The van der Waals surface area contributed by atoms with Crippen LogP contribution in [0.15, 0.2) is 46.2 Å². The molecule has 2 aliphatic rings. The Balaban J connectivity index is 1.66. The average molecular weight is 403 g/mol.